The first kappa shape index (κ1) is 20.9. The van der Waals surface area contributed by atoms with Crippen LogP contribution in [0.2, 0.25) is 10.0 Å². The van der Waals surface area contributed by atoms with Crippen molar-refractivity contribution in [3.05, 3.63) is 57.6 Å². The van der Waals surface area contributed by atoms with Gasteiger partial charge in [-0.25, -0.2) is 0 Å². The molecule has 0 heterocycles. The second-order valence-electron chi connectivity index (χ2n) is 5.05. The molecule has 2 rings (SSSR count). The molecule has 24 heavy (non-hydrogen) atoms. The molecule has 1 N–H and O–H groups in total. The fourth-order valence-corrected chi connectivity index (χ4v) is 3.00. The predicted octanol–water partition coefficient (Wildman–Crippen LogP) is 5.15. The van der Waals surface area contributed by atoms with E-state index in [2.05, 4.69) is 11.4 Å². The molecule has 0 unspecified atom stereocenters. The van der Waals surface area contributed by atoms with Gasteiger partial charge in [-0.1, -0.05) is 41.4 Å². The largest absolute Gasteiger partial charge is 0.496 e. The van der Waals surface area contributed by atoms with Crippen molar-refractivity contribution >= 4 is 35.6 Å². The van der Waals surface area contributed by atoms with Gasteiger partial charge in [-0.15, -0.1) is 12.4 Å². The molecule has 0 radical (unpaired) electrons. The quantitative estimate of drug-likeness (QED) is 0.632. The van der Waals surface area contributed by atoms with Crippen molar-refractivity contribution in [2.24, 2.45) is 0 Å². The SMILES string of the molecule is CCOc1c(Cl)cc(Cl)cc1CNCCc1ccccc1OC.Cl. The van der Waals surface area contributed by atoms with Crippen molar-refractivity contribution in [3.8, 4) is 11.5 Å². The lowest BCUT2D eigenvalue weighted by molar-refractivity contribution is 0.335. The Bertz CT molecular complexity index is 650. The molecule has 6 heteroatoms. The smallest absolute Gasteiger partial charge is 0.142 e. The number of para-hydroxylation sites is 1. The number of hydrogen-bond donors (Lipinski definition) is 1. The van der Waals surface area contributed by atoms with Crippen LogP contribution in [0.25, 0.3) is 0 Å². The predicted molar refractivity (Wildman–Crippen MR) is 103 cm³/mol. The Hall–Kier alpha value is -1.13. The highest BCUT2D eigenvalue weighted by Crippen LogP contribution is 2.32. The van der Waals surface area contributed by atoms with E-state index in [0.29, 0.717) is 28.9 Å². The van der Waals surface area contributed by atoms with Gasteiger partial charge in [0.2, 0.25) is 0 Å². The van der Waals surface area contributed by atoms with E-state index in [-0.39, 0.29) is 12.4 Å². The highest BCUT2D eigenvalue weighted by Gasteiger charge is 2.10. The maximum Gasteiger partial charge on any atom is 0.142 e. The van der Waals surface area contributed by atoms with Gasteiger partial charge < -0.3 is 14.8 Å². The summed E-state index contributed by atoms with van der Waals surface area (Å²) in [6.45, 7) is 3.96. The molecule has 0 spiro atoms. The van der Waals surface area contributed by atoms with E-state index in [1.54, 1.807) is 13.2 Å². The summed E-state index contributed by atoms with van der Waals surface area (Å²) in [4.78, 5) is 0. The van der Waals surface area contributed by atoms with E-state index >= 15 is 0 Å². The fourth-order valence-electron chi connectivity index (χ4n) is 2.41. The van der Waals surface area contributed by atoms with Crippen molar-refractivity contribution < 1.29 is 9.47 Å². The highest BCUT2D eigenvalue weighted by atomic mass is 35.5. The molecule has 0 saturated carbocycles. The topological polar surface area (TPSA) is 30.5 Å². The maximum absolute atomic E-state index is 6.21. The zero-order valence-corrected chi connectivity index (χ0v) is 16.1. The van der Waals surface area contributed by atoms with Crippen molar-refractivity contribution in [2.45, 2.75) is 19.9 Å². The molecule has 0 aliphatic carbocycles. The van der Waals surface area contributed by atoms with Gasteiger partial charge in [0.1, 0.15) is 11.5 Å². The van der Waals surface area contributed by atoms with Gasteiger partial charge in [0.25, 0.3) is 0 Å². The van der Waals surface area contributed by atoms with Crippen LogP contribution in [0.15, 0.2) is 36.4 Å². The van der Waals surface area contributed by atoms with Gasteiger partial charge in [0.15, 0.2) is 0 Å². The molecule has 0 bridgehead atoms. The summed E-state index contributed by atoms with van der Waals surface area (Å²) < 4.78 is 11.0. The molecule has 0 atom stereocenters. The van der Waals surface area contributed by atoms with Crippen molar-refractivity contribution in [1.29, 1.82) is 0 Å². The summed E-state index contributed by atoms with van der Waals surface area (Å²) in [7, 11) is 1.69. The zero-order chi connectivity index (χ0) is 16.7. The standard InChI is InChI=1S/C18H21Cl2NO2.ClH/c1-3-23-18-14(10-15(19)11-16(18)20)12-21-9-8-13-6-4-5-7-17(13)22-2;/h4-7,10-11,21H,3,8-9,12H2,1-2H3;1H. The Morgan fingerprint density at radius 3 is 2.54 bits per heavy atom. The second-order valence-corrected chi connectivity index (χ2v) is 5.89. The summed E-state index contributed by atoms with van der Waals surface area (Å²) in [6.07, 6.45) is 0.877. The van der Waals surface area contributed by atoms with Gasteiger partial charge in [0.05, 0.1) is 18.7 Å². The van der Waals surface area contributed by atoms with Crippen LogP contribution in [0, 0.1) is 0 Å². The first-order valence-corrected chi connectivity index (χ1v) is 8.34. The minimum Gasteiger partial charge on any atom is -0.496 e. The molecule has 0 amide bonds. The molecule has 0 aromatic heterocycles. The van der Waals surface area contributed by atoms with Crippen LogP contribution in [0.3, 0.4) is 0 Å². The van der Waals surface area contributed by atoms with E-state index in [1.165, 1.54) is 5.56 Å². The van der Waals surface area contributed by atoms with Crippen LogP contribution in [0.1, 0.15) is 18.1 Å². The zero-order valence-electron chi connectivity index (χ0n) is 13.8. The van der Waals surface area contributed by atoms with Gasteiger partial charge in [-0.3, -0.25) is 0 Å². The monoisotopic (exact) mass is 389 g/mol. The van der Waals surface area contributed by atoms with E-state index < -0.39 is 0 Å². The molecule has 0 fully saturated rings. The molecule has 2 aromatic rings. The molecule has 0 aliphatic rings. The average Bonchev–Trinajstić information content (AvgIpc) is 2.55. The molecule has 0 saturated heterocycles. The van der Waals surface area contributed by atoms with Gasteiger partial charge in [-0.05, 0) is 43.7 Å². The van der Waals surface area contributed by atoms with Crippen LogP contribution in [0.5, 0.6) is 11.5 Å². The van der Waals surface area contributed by atoms with Gasteiger partial charge in [-0.2, -0.15) is 0 Å². The average molecular weight is 391 g/mol. The third-order valence-corrected chi connectivity index (χ3v) is 3.95. The molecular weight excluding hydrogens is 369 g/mol. The number of hydrogen-bond acceptors (Lipinski definition) is 3. The van der Waals surface area contributed by atoms with Gasteiger partial charge >= 0.3 is 0 Å². The van der Waals surface area contributed by atoms with Crippen LogP contribution in [0.4, 0.5) is 0 Å². The molecule has 2 aromatic carbocycles. The Morgan fingerprint density at radius 2 is 1.83 bits per heavy atom. The maximum atomic E-state index is 6.21. The highest BCUT2D eigenvalue weighted by molar-refractivity contribution is 6.35. The lowest BCUT2D eigenvalue weighted by Gasteiger charge is -2.14. The molecule has 132 valence electrons. The Balaban J connectivity index is 0.00000288. The lowest BCUT2D eigenvalue weighted by atomic mass is 10.1. The Labute approximate surface area is 159 Å². The number of methoxy groups -OCH3 is 1. The number of ether oxygens (including phenoxy) is 2. The second kappa shape index (κ2) is 10.7. The van der Waals surface area contributed by atoms with Crippen LogP contribution >= 0.6 is 35.6 Å². The summed E-state index contributed by atoms with van der Waals surface area (Å²) in [5, 5.41) is 4.56. The van der Waals surface area contributed by atoms with Crippen molar-refractivity contribution in [3.63, 3.8) is 0 Å². The molecule has 3 nitrogen and oxygen atoms in total. The third-order valence-electron chi connectivity index (χ3n) is 3.45. The molecule has 0 aliphatic heterocycles. The number of halogens is 3. The summed E-state index contributed by atoms with van der Waals surface area (Å²) in [6, 6.07) is 11.6. The van der Waals surface area contributed by atoms with E-state index in [0.717, 1.165) is 24.3 Å². The van der Waals surface area contributed by atoms with E-state index in [9.17, 15) is 0 Å². The number of benzene rings is 2. The lowest BCUT2D eigenvalue weighted by Crippen LogP contribution is -2.17. The number of nitrogens with one attached hydrogen (secondary N) is 1. The summed E-state index contributed by atoms with van der Waals surface area (Å²) in [5.41, 5.74) is 2.14. The minimum absolute atomic E-state index is 0. The van der Waals surface area contributed by atoms with Gasteiger partial charge in [0, 0.05) is 17.1 Å². The van der Waals surface area contributed by atoms with E-state index in [4.69, 9.17) is 32.7 Å². The summed E-state index contributed by atoms with van der Waals surface area (Å²) in [5.74, 6) is 1.61. The van der Waals surface area contributed by atoms with Crippen LogP contribution in [-0.4, -0.2) is 20.3 Å². The van der Waals surface area contributed by atoms with Crippen LogP contribution in [-0.2, 0) is 13.0 Å². The fraction of sp³-hybridized carbons (Fsp3) is 0.333. The van der Waals surface area contributed by atoms with Crippen molar-refractivity contribution in [1.82, 2.24) is 5.32 Å². The summed E-state index contributed by atoms with van der Waals surface area (Å²) >= 11 is 12.3. The minimum atomic E-state index is 0. The number of rotatable bonds is 8. The Kier molecular flexibility index (Phi) is 9.30. The normalized spacial score (nSPS) is 10.2. The third kappa shape index (κ3) is 5.75. The van der Waals surface area contributed by atoms with Crippen molar-refractivity contribution in [2.75, 3.05) is 20.3 Å². The first-order valence-electron chi connectivity index (χ1n) is 7.59. The van der Waals surface area contributed by atoms with Crippen LogP contribution < -0.4 is 14.8 Å². The first-order chi connectivity index (χ1) is 11.2. The molecular formula is C18H22Cl3NO2. The van der Waals surface area contributed by atoms with E-state index in [1.807, 2.05) is 31.2 Å². The Morgan fingerprint density at radius 1 is 1.08 bits per heavy atom.